The Balaban J connectivity index is 1.80. The van der Waals surface area contributed by atoms with Gasteiger partial charge in [-0.1, -0.05) is 30.7 Å². The van der Waals surface area contributed by atoms with E-state index in [9.17, 15) is 9.59 Å². The van der Waals surface area contributed by atoms with Gasteiger partial charge in [-0.25, -0.2) is 0 Å². The highest BCUT2D eigenvalue weighted by atomic mass is 16.2. The van der Waals surface area contributed by atoms with E-state index in [-0.39, 0.29) is 29.7 Å². The smallest absolute Gasteiger partial charge is 0.233 e. The maximum absolute atomic E-state index is 12.4. The fourth-order valence-corrected chi connectivity index (χ4v) is 3.75. The minimum absolute atomic E-state index is 0.00192. The zero-order valence-electron chi connectivity index (χ0n) is 12.6. The maximum atomic E-state index is 12.4. The number of rotatable bonds is 4. The number of carbonyl (C=O) groups is 2. The average molecular weight is 286 g/mol. The minimum atomic E-state index is -0.0492. The number of benzene rings is 1. The largest absolute Gasteiger partial charge is 0.312 e. The van der Waals surface area contributed by atoms with Gasteiger partial charge in [0.15, 0.2) is 0 Å². The number of likely N-dealkylation sites (N-methyl/N-ethyl adjacent to an activating group) is 1. The lowest BCUT2D eigenvalue weighted by atomic mass is 10.00. The fourth-order valence-electron chi connectivity index (χ4n) is 3.75. The molecule has 21 heavy (non-hydrogen) atoms. The molecule has 3 rings (SSSR count). The predicted octanol–water partition coefficient (Wildman–Crippen LogP) is 2.04. The third kappa shape index (κ3) is 2.38. The summed E-state index contributed by atoms with van der Waals surface area (Å²) in [5.74, 6) is -0.0218. The van der Waals surface area contributed by atoms with Crippen LogP contribution < -0.4 is 5.32 Å². The average Bonchev–Trinajstić information content (AvgIpc) is 3.04. The van der Waals surface area contributed by atoms with Crippen LogP contribution in [0.5, 0.6) is 0 Å². The molecule has 112 valence electrons. The summed E-state index contributed by atoms with van der Waals surface area (Å²) in [4.78, 5) is 26.4. The zero-order valence-corrected chi connectivity index (χ0v) is 12.6. The van der Waals surface area contributed by atoms with Gasteiger partial charge in [-0.3, -0.25) is 14.5 Å². The van der Waals surface area contributed by atoms with Crippen LogP contribution >= 0.6 is 0 Å². The van der Waals surface area contributed by atoms with E-state index >= 15 is 0 Å². The standard InChI is InChI=1S/C17H22N2O2/c1-11-6-3-4-7-12(11)15(18-2)10-19-16(20)13-8-5-9-14(13)17(19)21/h3-4,6-7,13-15,18H,5,8-10H2,1-2H3. The van der Waals surface area contributed by atoms with Gasteiger partial charge in [0.2, 0.25) is 11.8 Å². The van der Waals surface area contributed by atoms with E-state index in [0.29, 0.717) is 6.54 Å². The SMILES string of the molecule is CNC(CN1C(=O)C2CCCC2C1=O)c1ccccc1C. The zero-order chi connectivity index (χ0) is 15.0. The van der Waals surface area contributed by atoms with Crippen LogP contribution in [0.15, 0.2) is 24.3 Å². The van der Waals surface area contributed by atoms with Crippen molar-refractivity contribution in [1.82, 2.24) is 10.2 Å². The van der Waals surface area contributed by atoms with Crippen LogP contribution in [0.4, 0.5) is 0 Å². The highest BCUT2D eigenvalue weighted by molar-refractivity contribution is 6.05. The first kappa shape index (κ1) is 14.3. The molecule has 2 aliphatic rings. The molecule has 3 unspecified atom stereocenters. The Labute approximate surface area is 125 Å². The van der Waals surface area contributed by atoms with Crippen LogP contribution in [0, 0.1) is 18.8 Å². The number of fused-ring (bicyclic) bond motifs is 1. The Morgan fingerprint density at radius 1 is 1.19 bits per heavy atom. The molecule has 2 fully saturated rings. The monoisotopic (exact) mass is 286 g/mol. The van der Waals surface area contributed by atoms with Crippen LogP contribution in [0.25, 0.3) is 0 Å². The van der Waals surface area contributed by atoms with Crippen LogP contribution in [0.3, 0.4) is 0 Å². The molecular weight excluding hydrogens is 264 g/mol. The van der Waals surface area contributed by atoms with Crippen molar-refractivity contribution in [3.8, 4) is 0 Å². The van der Waals surface area contributed by atoms with Gasteiger partial charge in [0, 0.05) is 6.54 Å². The second-order valence-corrected chi connectivity index (χ2v) is 6.13. The first-order valence-corrected chi connectivity index (χ1v) is 7.71. The van der Waals surface area contributed by atoms with Crippen molar-refractivity contribution in [2.24, 2.45) is 11.8 Å². The van der Waals surface area contributed by atoms with Gasteiger partial charge in [-0.2, -0.15) is 0 Å². The van der Waals surface area contributed by atoms with Crippen molar-refractivity contribution in [3.63, 3.8) is 0 Å². The molecule has 3 atom stereocenters. The molecule has 0 radical (unpaired) electrons. The lowest BCUT2D eigenvalue weighted by Crippen LogP contribution is -2.39. The number of hydrogen-bond donors (Lipinski definition) is 1. The Morgan fingerprint density at radius 3 is 2.38 bits per heavy atom. The normalized spacial score (nSPS) is 26.3. The van der Waals surface area contributed by atoms with Crippen LogP contribution in [-0.2, 0) is 9.59 Å². The number of aryl methyl sites for hydroxylation is 1. The summed E-state index contributed by atoms with van der Waals surface area (Å²) >= 11 is 0. The summed E-state index contributed by atoms with van der Waals surface area (Å²) in [6, 6.07) is 8.11. The molecule has 1 aromatic rings. The minimum Gasteiger partial charge on any atom is -0.312 e. The summed E-state index contributed by atoms with van der Waals surface area (Å²) in [6.07, 6.45) is 2.76. The van der Waals surface area contributed by atoms with Crippen molar-refractivity contribution in [2.45, 2.75) is 32.2 Å². The Kier molecular flexibility index (Phi) is 3.81. The van der Waals surface area contributed by atoms with Gasteiger partial charge in [-0.15, -0.1) is 0 Å². The second kappa shape index (κ2) is 5.60. The van der Waals surface area contributed by atoms with Crippen molar-refractivity contribution < 1.29 is 9.59 Å². The van der Waals surface area contributed by atoms with Crippen LogP contribution in [-0.4, -0.2) is 30.3 Å². The van der Waals surface area contributed by atoms with Crippen molar-refractivity contribution in [2.75, 3.05) is 13.6 Å². The Morgan fingerprint density at radius 2 is 1.81 bits per heavy atom. The summed E-state index contributed by atoms with van der Waals surface area (Å²) in [6.45, 7) is 2.49. The number of likely N-dealkylation sites (tertiary alicyclic amines) is 1. The third-order valence-corrected chi connectivity index (χ3v) is 4.96. The highest BCUT2D eigenvalue weighted by Crippen LogP contribution is 2.40. The first-order valence-electron chi connectivity index (χ1n) is 7.71. The number of nitrogens with one attached hydrogen (secondary N) is 1. The van der Waals surface area contributed by atoms with Gasteiger partial charge in [0.25, 0.3) is 0 Å². The summed E-state index contributed by atoms with van der Waals surface area (Å²) < 4.78 is 0. The number of amides is 2. The number of carbonyl (C=O) groups excluding carboxylic acids is 2. The van der Waals surface area contributed by atoms with Gasteiger partial charge in [0.1, 0.15) is 0 Å². The fraction of sp³-hybridized carbons (Fsp3) is 0.529. The van der Waals surface area contributed by atoms with E-state index in [2.05, 4.69) is 24.4 Å². The molecule has 4 nitrogen and oxygen atoms in total. The van der Waals surface area contributed by atoms with E-state index < -0.39 is 0 Å². The molecule has 1 saturated carbocycles. The summed E-state index contributed by atoms with van der Waals surface area (Å²) in [7, 11) is 1.88. The summed E-state index contributed by atoms with van der Waals surface area (Å²) in [5.41, 5.74) is 2.33. The van der Waals surface area contributed by atoms with Crippen LogP contribution in [0.2, 0.25) is 0 Å². The molecule has 1 aromatic carbocycles. The molecule has 1 heterocycles. The summed E-state index contributed by atoms with van der Waals surface area (Å²) in [5, 5.41) is 3.25. The van der Waals surface area contributed by atoms with E-state index in [0.717, 1.165) is 24.8 Å². The lowest BCUT2D eigenvalue weighted by molar-refractivity contribution is -0.140. The molecule has 1 aliphatic carbocycles. The lowest BCUT2D eigenvalue weighted by Gasteiger charge is -2.24. The second-order valence-electron chi connectivity index (χ2n) is 6.13. The van der Waals surface area contributed by atoms with E-state index in [1.165, 1.54) is 10.5 Å². The van der Waals surface area contributed by atoms with Crippen molar-refractivity contribution >= 4 is 11.8 Å². The number of hydrogen-bond acceptors (Lipinski definition) is 3. The molecule has 0 bridgehead atoms. The topological polar surface area (TPSA) is 49.4 Å². The molecule has 2 amide bonds. The first-order chi connectivity index (χ1) is 10.1. The molecule has 1 saturated heterocycles. The van der Waals surface area contributed by atoms with Gasteiger partial charge < -0.3 is 5.32 Å². The van der Waals surface area contributed by atoms with Gasteiger partial charge >= 0.3 is 0 Å². The molecular formula is C17H22N2O2. The van der Waals surface area contributed by atoms with Crippen molar-refractivity contribution in [3.05, 3.63) is 35.4 Å². The molecule has 1 aliphatic heterocycles. The molecule has 1 N–H and O–H groups in total. The highest BCUT2D eigenvalue weighted by Gasteiger charge is 2.49. The number of nitrogens with zero attached hydrogens (tertiary/aromatic N) is 1. The molecule has 4 heteroatoms. The number of imide groups is 1. The quantitative estimate of drug-likeness (QED) is 0.862. The molecule has 0 aromatic heterocycles. The molecule has 0 spiro atoms. The van der Waals surface area contributed by atoms with Crippen molar-refractivity contribution in [1.29, 1.82) is 0 Å². The van der Waals surface area contributed by atoms with E-state index in [1.54, 1.807) is 0 Å². The predicted molar refractivity (Wildman–Crippen MR) is 80.5 cm³/mol. The Hall–Kier alpha value is -1.68. The van der Waals surface area contributed by atoms with Gasteiger partial charge in [-0.05, 0) is 37.9 Å². The van der Waals surface area contributed by atoms with Crippen LogP contribution in [0.1, 0.15) is 36.4 Å². The maximum Gasteiger partial charge on any atom is 0.233 e. The third-order valence-electron chi connectivity index (χ3n) is 4.96. The van der Waals surface area contributed by atoms with Gasteiger partial charge in [0.05, 0.1) is 17.9 Å². The van der Waals surface area contributed by atoms with E-state index in [4.69, 9.17) is 0 Å². The Bertz CT molecular complexity index is 548. The van der Waals surface area contributed by atoms with E-state index in [1.807, 2.05) is 19.2 Å².